The van der Waals surface area contributed by atoms with E-state index in [0.29, 0.717) is 6.61 Å². The lowest BCUT2D eigenvalue weighted by molar-refractivity contribution is -0.122. The molecule has 1 aliphatic rings. The van der Waals surface area contributed by atoms with E-state index in [0.717, 1.165) is 18.6 Å². The molecule has 0 fully saturated rings. The number of amides is 1. The van der Waals surface area contributed by atoms with E-state index in [1.54, 1.807) is 7.11 Å². The van der Waals surface area contributed by atoms with E-state index < -0.39 is 0 Å². The van der Waals surface area contributed by atoms with Crippen molar-refractivity contribution in [2.75, 3.05) is 13.7 Å². The molecule has 0 bridgehead atoms. The summed E-state index contributed by atoms with van der Waals surface area (Å²) in [7, 11) is 1.62. The second-order valence-electron chi connectivity index (χ2n) is 3.56. The monoisotopic (exact) mass is 198 g/mol. The summed E-state index contributed by atoms with van der Waals surface area (Å²) in [6, 6.07) is 0. The number of nitrogens with one attached hydrogen (secondary N) is 1. The van der Waals surface area contributed by atoms with Crippen LogP contribution in [0.5, 0.6) is 0 Å². The topological polar surface area (TPSA) is 50.7 Å². The van der Waals surface area contributed by atoms with Gasteiger partial charge in [0.25, 0.3) is 0 Å². The van der Waals surface area contributed by atoms with Crippen LogP contribution in [0, 0.1) is 5.92 Å². The molecule has 0 radical (unpaired) electrons. The number of unbranched alkanes of at least 4 members (excludes halogenated alkanes) is 2. The smallest absolute Gasteiger partial charge is 0.249 e. The van der Waals surface area contributed by atoms with E-state index in [2.05, 4.69) is 17.5 Å². The molecule has 1 amide bonds. The highest BCUT2D eigenvalue weighted by Gasteiger charge is 2.28. The van der Waals surface area contributed by atoms with Crippen molar-refractivity contribution in [3.05, 3.63) is 0 Å². The maximum absolute atomic E-state index is 11.4. The number of nitrogens with zero attached hydrogens (tertiary/aromatic N) is 1. The third-order valence-corrected chi connectivity index (χ3v) is 2.42. The minimum absolute atomic E-state index is 0.0214. The van der Waals surface area contributed by atoms with Gasteiger partial charge in [0.1, 0.15) is 0 Å². The predicted molar refractivity (Wildman–Crippen MR) is 55.1 cm³/mol. The predicted octanol–water partition coefficient (Wildman–Crippen LogP) is 1.32. The fraction of sp³-hybridized carbons (Fsp3) is 0.800. The first-order chi connectivity index (χ1) is 6.79. The Morgan fingerprint density at radius 2 is 2.29 bits per heavy atom. The van der Waals surface area contributed by atoms with Crippen LogP contribution in [0.2, 0.25) is 0 Å². The quantitative estimate of drug-likeness (QED) is 0.654. The van der Waals surface area contributed by atoms with Gasteiger partial charge in [-0.15, -0.1) is 0 Å². The van der Waals surface area contributed by atoms with Gasteiger partial charge in [-0.05, 0) is 6.42 Å². The number of rotatable bonds is 6. The molecule has 4 nitrogen and oxygen atoms in total. The van der Waals surface area contributed by atoms with E-state index in [9.17, 15) is 4.79 Å². The first-order valence-electron chi connectivity index (χ1n) is 5.14. The van der Waals surface area contributed by atoms with Crippen molar-refractivity contribution < 1.29 is 9.53 Å². The lowest BCUT2D eigenvalue weighted by Crippen LogP contribution is -2.25. The van der Waals surface area contributed by atoms with Crippen LogP contribution in [0.4, 0.5) is 0 Å². The Morgan fingerprint density at radius 1 is 1.50 bits per heavy atom. The number of carbonyl (C=O) groups is 1. The number of hydrogen-bond donors (Lipinski definition) is 1. The minimum atomic E-state index is -0.0542. The first-order valence-corrected chi connectivity index (χ1v) is 5.14. The molecule has 1 rings (SSSR count). The normalized spacial score (nSPS) is 20.9. The fourth-order valence-electron chi connectivity index (χ4n) is 1.61. The van der Waals surface area contributed by atoms with E-state index in [1.165, 1.54) is 12.8 Å². The molecule has 0 aromatic rings. The summed E-state index contributed by atoms with van der Waals surface area (Å²) in [6.45, 7) is 2.61. The van der Waals surface area contributed by atoms with Gasteiger partial charge in [-0.25, -0.2) is 5.43 Å². The summed E-state index contributed by atoms with van der Waals surface area (Å²) < 4.78 is 4.99. The van der Waals surface area contributed by atoms with Crippen molar-refractivity contribution in [2.45, 2.75) is 32.6 Å². The van der Waals surface area contributed by atoms with Crippen LogP contribution < -0.4 is 5.43 Å². The molecule has 0 unspecified atom stereocenters. The van der Waals surface area contributed by atoms with Gasteiger partial charge >= 0.3 is 0 Å². The Labute approximate surface area is 84.7 Å². The Kier molecular flexibility index (Phi) is 4.59. The van der Waals surface area contributed by atoms with Crippen molar-refractivity contribution in [3.63, 3.8) is 0 Å². The summed E-state index contributed by atoms with van der Waals surface area (Å²) in [5.74, 6) is -0.0327. The van der Waals surface area contributed by atoms with Crippen LogP contribution in [-0.2, 0) is 9.53 Å². The van der Waals surface area contributed by atoms with Gasteiger partial charge in [-0.1, -0.05) is 26.2 Å². The van der Waals surface area contributed by atoms with E-state index in [1.807, 2.05) is 0 Å². The first kappa shape index (κ1) is 11.2. The van der Waals surface area contributed by atoms with Gasteiger partial charge in [0, 0.05) is 7.11 Å². The molecule has 0 aromatic carbocycles. The third kappa shape index (κ3) is 2.80. The molecule has 0 saturated heterocycles. The van der Waals surface area contributed by atoms with Gasteiger partial charge in [-0.2, -0.15) is 5.10 Å². The van der Waals surface area contributed by atoms with Gasteiger partial charge in [-0.3, -0.25) is 4.79 Å². The van der Waals surface area contributed by atoms with Crippen LogP contribution in [0.3, 0.4) is 0 Å². The van der Waals surface area contributed by atoms with Crippen molar-refractivity contribution in [1.29, 1.82) is 0 Å². The third-order valence-electron chi connectivity index (χ3n) is 2.42. The molecule has 1 atom stereocenters. The molecular weight excluding hydrogens is 180 g/mol. The van der Waals surface area contributed by atoms with Crippen molar-refractivity contribution in [2.24, 2.45) is 11.0 Å². The average molecular weight is 198 g/mol. The number of hydrogen-bond acceptors (Lipinski definition) is 3. The summed E-state index contributed by atoms with van der Waals surface area (Å²) >= 11 is 0. The highest BCUT2D eigenvalue weighted by atomic mass is 16.5. The van der Waals surface area contributed by atoms with Crippen LogP contribution in [0.15, 0.2) is 5.10 Å². The Balaban J connectivity index is 2.39. The lowest BCUT2D eigenvalue weighted by atomic mass is 9.97. The van der Waals surface area contributed by atoms with Crippen molar-refractivity contribution in [1.82, 2.24) is 5.43 Å². The van der Waals surface area contributed by atoms with E-state index in [4.69, 9.17) is 4.74 Å². The van der Waals surface area contributed by atoms with Crippen molar-refractivity contribution >= 4 is 11.6 Å². The molecule has 4 heteroatoms. The molecule has 14 heavy (non-hydrogen) atoms. The highest BCUT2D eigenvalue weighted by Crippen LogP contribution is 2.16. The maximum Gasteiger partial charge on any atom is 0.249 e. The summed E-state index contributed by atoms with van der Waals surface area (Å²) in [5.41, 5.74) is 3.34. The SMILES string of the molecule is CCCCC[C@H]1C(=O)NN=C1COC. The molecular formula is C10H18N2O2. The Hall–Kier alpha value is -0.900. The number of carbonyl (C=O) groups excluding carboxylic acids is 1. The number of hydrazone groups is 1. The lowest BCUT2D eigenvalue weighted by Gasteiger charge is -2.08. The van der Waals surface area contributed by atoms with Gasteiger partial charge in [0.05, 0.1) is 18.2 Å². The average Bonchev–Trinajstić information content (AvgIpc) is 2.50. The molecule has 1 heterocycles. The Morgan fingerprint density at radius 3 is 2.93 bits per heavy atom. The summed E-state index contributed by atoms with van der Waals surface area (Å²) in [4.78, 5) is 11.4. The molecule has 1 N–H and O–H groups in total. The van der Waals surface area contributed by atoms with E-state index in [-0.39, 0.29) is 11.8 Å². The maximum atomic E-state index is 11.4. The molecule has 80 valence electrons. The van der Waals surface area contributed by atoms with Gasteiger partial charge in [0.2, 0.25) is 5.91 Å². The molecule has 0 aliphatic carbocycles. The molecule has 0 spiro atoms. The Bertz CT molecular complexity index is 226. The summed E-state index contributed by atoms with van der Waals surface area (Å²) in [6.07, 6.45) is 4.31. The molecule has 1 aliphatic heterocycles. The van der Waals surface area contributed by atoms with Crippen LogP contribution in [0.1, 0.15) is 32.6 Å². The zero-order chi connectivity index (χ0) is 10.4. The van der Waals surface area contributed by atoms with Gasteiger partial charge in [0.15, 0.2) is 0 Å². The largest absolute Gasteiger partial charge is 0.379 e. The zero-order valence-electron chi connectivity index (χ0n) is 8.88. The number of methoxy groups -OCH3 is 1. The molecule has 0 saturated carbocycles. The summed E-state index contributed by atoms with van der Waals surface area (Å²) in [5, 5.41) is 3.96. The fourth-order valence-corrected chi connectivity index (χ4v) is 1.61. The molecule has 0 aromatic heterocycles. The standard InChI is InChI=1S/C10H18N2O2/c1-3-4-5-6-8-9(7-14-2)11-12-10(8)13/h8H,3-7H2,1-2H3,(H,12,13)/t8-/m1/s1. The zero-order valence-corrected chi connectivity index (χ0v) is 8.88. The van der Waals surface area contributed by atoms with Crippen LogP contribution in [0.25, 0.3) is 0 Å². The van der Waals surface area contributed by atoms with E-state index >= 15 is 0 Å². The van der Waals surface area contributed by atoms with Crippen LogP contribution >= 0.6 is 0 Å². The second-order valence-corrected chi connectivity index (χ2v) is 3.56. The second kappa shape index (κ2) is 5.75. The minimum Gasteiger partial charge on any atom is -0.379 e. The number of ether oxygens (including phenoxy) is 1. The highest BCUT2D eigenvalue weighted by molar-refractivity contribution is 6.08. The van der Waals surface area contributed by atoms with Crippen LogP contribution in [-0.4, -0.2) is 25.3 Å². The van der Waals surface area contributed by atoms with Gasteiger partial charge < -0.3 is 4.74 Å². The van der Waals surface area contributed by atoms with Crippen molar-refractivity contribution in [3.8, 4) is 0 Å².